The largest absolute Gasteiger partial charge is 0.325 e. The summed E-state index contributed by atoms with van der Waals surface area (Å²) in [5.41, 5.74) is 1.45. The Morgan fingerprint density at radius 2 is 2.17 bits per heavy atom. The molecule has 0 spiro atoms. The SMILES string of the molecule is Cc1c(Cl)cccc1NC(=O)CSc1nnc2[nH]c(=O)c(C)nn12. The van der Waals surface area contributed by atoms with Gasteiger partial charge in [-0.3, -0.25) is 14.6 Å². The van der Waals surface area contributed by atoms with Crippen molar-refractivity contribution < 1.29 is 4.79 Å². The quantitative estimate of drug-likeness (QED) is 0.684. The molecule has 2 aromatic heterocycles. The fourth-order valence-electron chi connectivity index (χ4n) is 1.97. The number of carbonyl (C=O) groups is 1. The smallest absolute Gasteiger partial charge is 0.273 e. The van der Waals surface area contributed by atoms with Gasteiger partial charge in [-0.15, -0.1) is 10.2 Å². The van der Waals surface area contributed by atoms with Crippen LogP contribution in [0.15, 0.2) is 28.2 Å². The van der Waals surface area contributed by atoms with Gasteiger partial charge in [0, 0.05) is 10.7 Å². The molecule has 0 radical (unpaired) electrons. The first-order chi connectivity index (χ1) is 11.5. The minimum atomic E-state index is -0.319. The van der Waals surface area contributed by atoms with Gasteiger partial charge in [0.15, 0.2) is 0 Å². The predicted octanol–water partition coefficient (Wildman–Crippen LogP) is 1.81. The number of anilines is 1. The molecule has 24 heavy (non-hydrogen) atoms. The number of aromatic amines is 1. The molecule has 0 saturated heterocycles. The van der Waals surface area contributed by atoms with Crippen molar-refractivity contribution in [3.8, 4) is 0 Å². The maximum Gasteiger partial charge on any atom is 0.273 e. The Kier molecular flexibility index (Phi) is 4.54. The number of H-pyrrole nitrogens is 1. The van der Waals surface area contributed by atoms with E-state index in [9.17, 15) is 9.59 Å². The lowest BCUT2D eigenvalue weighted by atomic mass is 10.2. The summed E-state index contributed by atoms with van der Waals surface area (Å²) in [6.45, 7) is 3.42. The van der Waals surface area contributed by atoms with Crippen LogP contribution in [-0.4, -0.2) is 36.5 Å². The monoisotopic (exact) mass is 364 g/mol. The number of halogens is 1. The zero-order chi connectivity index (χ0) is 17.3. The van der Waals surface area contributed by atoms with Gasteiger partial charge in [0.25, 0.3) is 11.3 Å². The molecule has 0 fully saturated rings. The number of nitrogens with one attached hydrogen (secondary N) is 2. The van der Waals surface area contributed by atoms with Crippen molar-refractivity contribution in [2.75, 3.05) is 11.1 Å². The van der Waals surface area contributed by atoms with Crippen LogP contribution in [0.2, 0.25) is 5.02 Å². The summed E-state index contributed by atoms with van der Waals surface area (Å²) >= 11 is 7.20. The van der Waals surface area contributed by atoms with Crippen LogP contribution in [0.3, 0.4) is 0 Å². The van der Waals surface area contributed by atoms with Gasteiger partial charge in [-0.25, -0.2) is 0 Å². The first-order valence-electron chi connectivity index (χ1n) is 6.96. The minimum Gasteiger partial charge on any atom is -0.325 e. The molecular formula is C14H13ClN6O2S. The maximum absolute atomic E-state index is 12.1. The lowest BCUT2D eigenvalue weighted by Crippen LogP contribution is -2.17. The molecule has 0 aliphatic heterocycles. The highest BCUT2D eigenvalue weighted by atomic mass is 35.5. The average molecular weight is 365 g/mol. The van der Waals surface area contributed by atoms with E-state index < -0.39 is 0 Å². The van der Waals surface area contributed by atoms with Crippen molar-refractivity contribution in [3.05, 3.63) is 44.8 Å². The zero-order valence-corrected chi connectivity index (χ0v) is 14.4. The summed E-state index contributed by atoms with van der Waals surface area (Å²) in [6, 6.07) is 5.32. The fourth-order valence-corrected chi connectivity index (χ4v) is 2.83. The number of rotatable bonds is 4. The van der Waals surface area contributed by atoms with Gasteiger partial charge in [-0.2, -0.15) is 9.61 Å². The molecule has 0 bridgehead atoms. The van der Waals surface area contributed by atoms with Crippen LogP contribution in [-0.2, 0) is 4.79 Å². The van der Waals surface area contributed by atoms with Crippen LogP contribution in [0.4, 0.5) is 5.69 Å². The van der Waals surface area contributed by atoms with E-state index in [1.54, 1.807) is 25.1 Å². The highest BCUT2D eigenvalue weighted by Gasteiger charge is 2.13. The third-order valence-electron chi connectivity index (χ3n) is 3.29. The molecule has 0 atom stereocenters. The van der Waals surface area contributed by atoms with Gasteiger partial charge in [0.2, 0.25) is 11.1 Å². The van der Waals surface area contributed by atoms with Crippen molar-refractivity contribution in [1.82, 2.24) is 24.8 Å². The number of nitrogens with zero attached hydrogens (tertiary/aromatic N) is 4. The summed E-state index contributed by atoms with van der Waals surface area (Å²) in [5, 5.41) is 15.7. The normalized spacial score (nSPS) is 11.0. The zero-order valence-electron chi connectivity index (χ0n) is 12.8. The molecule has 124 valence electrons. The standard InChI is InChI=1S/C14H13ClN6O2S/c1-7-9(15)4-3-5-10(7)16-11(22)6-24-14-19-18-13-17-12(23)8(2)20-21(13)14/h3-5H,6H2,1-2H3,(H,16,22)(H,17,18,23). The minimum absolute atomic E-state index is 0.118. The van der Waals surface area contributed by atoms with Crippen LogP contribution in [0.5, 0.6) is 0 Å². The van der Waals surface area contributed by atoms with E-state index in [1.807, 2.05) is 6.92 Å². The van der Waals surface area contributed by atoms with Crippen LogP contribution in [0.1, 0.15) is 11.3 Å². The second-order valence-electron chi connectivity index (χ2n) is 5.01. The maximum atomic E-state index is 12.1. The van der Waals surface area contributed by atoms with Gasteiger partial charge in [-0.05, 0) is 31.5 Å². The fraction of sp³-hybridized carbons (Fsp3) is 0.214. The predicted molar refractivity (Wildman–Crippen MR) is 91.7 cm³/mol. The summed E-state index contributed by atoms with van der Waals surface area (Å²) < 4.78 is 1.40. The van der Waals surface area contributed by atoms with Crippen LogP contribution >= 0.6 is 23.4 Å². The van der Waals surface area contributed by atoms with Gasteiger partial charge >= 0.3 is 0 Å². The van der Waals surface area contributed by atoms with E-state index in [1.165, 1.54) is 16.3 Å². The van der Waals surface area contributed by atoms with Crippen molar-refractivity contribution in [1.29, 1.82) is 0 Å². The topological polar surface area (TPSA) is 105 Å². The Balaban J connectivity index is 1.72. The molecule has 0 aliphatic rings. The Labute approximate surface area is 145 Å². The molecule has 10 heteroatoms. The molecule has 8 nitrogen and oxygen atoms in total. The van der Waals surface area contributed by atoms with Crippen LogP contribution < -0.4 is 10.9 Å². The number of hydrogen-bond donors (Lipinski definition) is 2. The summed E-state index contributed by atoms with van der Waals surface area (Å²) in [5.74, 6) is 0.148. The number of benzene rings is 1. The number of amides is 1. The first-order valence-corrected chi connectivity index (χ1v) is 8.32. The van der Waals surface area contributed by atoms with Gasteiger partial charge in [-0.1, -0.05) is 29.4 Å². The molecule has 0 unspecified atom stereocenters. The molecule has 1 aromatic carbocycles. The second-order valence-corrected chi connectivity index (χ2v) is 6.36. The third-order valence-corrected chi connectivity index (χ3v) is 4.62. The van der Waals surface area contributed by atoms with E-state index in [-0.39, 0.29) is 23.0 Å². The van der Waals surface area contributed by atoms with Gasteiger partial charge in [0.1, 0.15) is 5.69 Å². The number of carbonyl (C=O) groups excluding carboxylic acids is 1. The Morgan fingerprint density at radius 3 is 2.96 bits per heavy atom. The van der Waals surface area contributed by atoms with Crippen LogP contribution in [0, 0.1) is 13.8 Å². The second kappa shape index (κ2) is 6.62. The van der Waals surface area contributed by atoms with Gasteiger partial charge < -0.3 is 5.32 Å². The summed E-state index contributed by atoms with van der Waals surface area (Å²) in [4.78, 5) is 26.2. The molecular weight excluding hydrogens is 352 g/mol. The van der Waals surface area contributed by atoms with Crippen molar-refractivity contribution in [3.63, 3.8) is 0 Å². The van der Waals surface area contributed by atoms with E-state index in [4.69, 9.17) is 11.6 Å². The molecule has 1 amide bonds. The van der Waals surface area contributed by atoms with Gasteiger partial charge in [0.05, 0.1) is 5.75 Å². The third kappa shape index (κ3) is 3.26. The van der Waals surface area contributed by atoms with E-state index in [0.717, 1.165) is 5.56 Å². The molecule has 2 N–H and O–H groups in total. The van der Waals surface area contributed by atoms with E-state index >= 15 is 0 Å². The molecule has 2 heterocycles. The Bertz CT molecular complexity index is 983. The first kappa shape index (κ1) is 16.5. The Morgan fingerprint density at radius 1 is 1.38 bits per heavy atom. The summed E-state index contributed by atoms with van der Waals surface area (Å²) in [6.07, 6.45) is 0. The Hall–Kier alpha value is -2.39. The number of aromatic nitrogens is 5. The van der Waals surface area contributed by atoms with Crippen molar-refractivity contribution in [2.24, 2.45) is 0 Å². The average Bonchev–Trinajstić information content (AvgIpc) is 2.92. The lowest BCUT2D eigenvalue weighted by molar-refractivity contribution is -0.113. The van der Waals surface area contributed by atoms with Crippen LogP contribution in [0.25, 0.3) is 5.78 Å². The highest BCUT2D eigenvalue weighted by Crippen LogP contribution is 2.23. The summed E-state index contributed by atoms with van der Waals surface area (Å²) in [7, 11) is 0. The number of thioether (sulfide) groups is 1. The van der Waals surface area contributed by atoms with E-state index in [2.05, 4.69) is 25.6 Å². The lowest BCUT2D eigenvalue weighted by Gasteiger charge is -2.08. The molecule has 0 saturated carbocycles. The number of fused-ring (bicyclic) bond motifs is 1. The van der Waals surface area contributed by atoms with Crippen molar-refractivity contribution in [2.45, 2.75) is 19.0 Å². The number of hydrogen-bond acceptors (Lipinski definition) is 6. The molecule has 0 aliphatic carbocycles. The highest BCUT2D eigenvalue weighted by molar-refractivity contribution is 7.99. The van der Waals surface area contributed by atoms with E-state index in [0.29, 0.717) is 21.6 Å². The number of aryl methyl sites for hydroxylation is 1. The molecule has 3 aromatic rings. The van der Waals surface area contributed by atoms with Crippen molar-refractivity contribution >= 4 is 40.7 Å². The molecule has 3 rings (SSSR count).